The summed E-state index contributed by atoms with van der Waals surface area (Å²) >= 11 is 0. The summed E-state index contributed by atoms with van der Waals surface area (Å²) in [6.45, 7) is 1.70. The molecule has 20 heavy (non-hydrogen) atoms. The normalized spacial score (nSPS) is 24.4. The molecule has 1 aliphatic heterocycles. The van der Waals surface area contributed by atoms with E-state index in [4.69, 9.17) is 9.47 Å². The topological polar surface area (TPSA) is 43.4 Å². The predicted molar refractivity (Wildman–Crippen MR) is 77.8 cm³/mol. The maximum absolute atomic E-state index is 6.30. The zero-order chi connectivity index (χ0) is 13.8. The van der Waals surface area contributed by atoms with Crippen LogP contribution in [0.2, 0.25) is 0 Å². The standard InChI is InChI=1S/C16H24N2O2/c1-19-15-13(5-4-10-18-15)11-17-12-14-6-9-16(20-14)7-2-3-8-16/h4-5,10,14,17H,2-3,6-9,11-12H2,1H3. The SMILES string of the molecule is COc1ncccc1CNCC1CCC2(CCCC2)O1. The number of pyridine rings is 1. The Morgan fingerprint density at radius 3 is 3.05 bits per heavy atom. The summed E-state index contributed by atoms with van der Waals surface area (Å²) in [6.07, 6.45) is 9.77. The van der Waals surface area contributed by atoms with Gasteiger partial charge in [0, 0.05) is 24.8 Å². The fourth-order valence-corrected chi connectivity index (χ4v) is 3.54. The first-order chi connectivity index (χ1) is 9.81. The molecule has 2 heterocycles. The molecule has 4 heteroatoms. The largest absolute Gasteiger partial charge is 0.481 e. The van der Waals surface area contributed by atoms with Gasteiger partial charge in [-0.3, -0.25) is 0 Å². The molecule has 1 unspecified atom stereocenters. The van der Waals surface area contributed by atoms with Crippen molar-refractivity contribution in [2.24, 2.45) is 0 Å². The first-order valence-electron chi connectivity index (χ1n) is 7.68. The fraction of sp³-hybridized carbons (Fsp3) is 0.688. The minimum absolute atomic E-state index is 0.234. The molecule has 1 N–H and O–H groups in total. The summed E-state index contributed by atoms with van der Waals surface area (Å²) in [7, 11) is 1.66. The van der Waals surface area contributed by atoms with Gasteiger partial charge in [0.05, 0.1) is 18.8 Å². The average molecular weight is 276 g/mol. The van der Waals surface area contributed by atoms with Crippen LogP contribution in [-0.2, 0) is 11.3 Å². The molecule has 1 saturated carbocycles. The molecule has 1 atom stereocenters. The van der Waals surface area contributed by atoms with Crippen LogP contribution in [0.25, 0.3) is 0 Å². The Morgan fingerprint density at radius 1 is 1.40 bits per heavy atom. The quantitative estimate of drug-likeness (QED) is 0.898. The third-order valence-corrected chi connectivity index (χ3v) is 4.58. The molecule has 0 radical (unpaired) electrons. The van der Waals surface area contributed by atoms with Gasteiger partial charge in [0.1, 0.15) is 0 Å². The minimum atomic E-state index is 0.234. The molecule has 1 aromatic heterocycles. The van der Waals surface area contributed by atoms with Crippen LogP contribution in [0.5, 0.6) is 5.88 Å². The third kappa shape index (κ3) is 2.96. The maximum Gasteiger partial charge on any atom is 0.217 e. The van der Waals surface area contributed by atoms with Crippen LogP contribution in [0.1, 0.15) is 44.1 Å². The van der Waals surface area contributed by atoms with E-state index in [0.717, 1.165) is 18.7 Å². The number of methoxy groups -OCH3 is 1. The Kier molecular flexibility index (Phi) is 4.22. The molecule has 4 nitrogen and oxygen atoms in total. The smallest absolute Gasteiger partial charge is 0.217 e. The summed E-state index contributed by atoms with van der Waals surface area (Å²) in [4.78, 5) is 4.21. The first-order valence-corrected chi connectivity index (χ1v) is 7.68. The van der Waals surface area contributed by atoms with E-state index in [0.29, 0.717) is 12.0 Å². The number of hydrogen-bond donors (Lipinski definition) is 1. The van der Waals surface area contributed by atoms with E-state index >= 15 is 0 Å². The zero-order valence-electron chi connectivity index (χ0n) is 12.2. The van der Waals surface area contributed by atoms with E-state index in [2.05, 4.69) is 10.3 Å². The summed E-state index contributed by atoms with van der Waals surface area (Å²) < 4.78 is 11.6. The molecule has 0 bridgehead atoms. The lowest BCUT2D eigenvalue weighted by atomic mass is 9.98. The third-order valence-electron chi connectivity index (χ3n) is 4.58. The number of rotatable bonds is 5. The van der Waals surface area contributed by atoms with Crippen LogP contribution >= 0.6 is 0 Å². The molecule has 0 amide bonds. The van der Waals surface area contributed by atoms with Gasteiger partial charge in [0.2, 0.25) is 5.88 Å². The van der Waals surface area contributed by atoms with Crippen molar-refractivity contribution in [2.75, 3.05) is 13.7 Å². The van der Waals surface area contributed by atoms with E-state index in [1.807, 2.05) is 12.1 Å². The molecule has 2 fully saturated rings. The summed E-state index contributed by atoms with van der Waals surface area (Å²) in [5.74, 6) is 0.708. The van der Waals surface area contributed by atoms with Gasteiger partial charge in [0.15, 0.2) is 0 Å². The van der Waals surface area contributed by atoms with Crippen LogP contribution in [-0.4, -0.2) is 30.3 Å². The monoisotopic (exact) mass is 276 g/mol. The van der Waals surface area contributed by atoms with Crippen molar-refractivity contribution >= 4 is 0 Å². The Hall–Kier alpha value is -1.13. The average Bonchev–Trinajstić information content (AvgIpc) is 3.10. The van der Waals surface area contributed by atoms with Gasteiger partial charge in [0.25, 0.3) is 0 Å². The highest BCUT2D eigenvalue weighted by molar-refractivity contribution is 5.24. The molecule has 3 rings (SSSR count). The second-order valence-electron chi connectivity index (χ2n) is 5.97. The van der Waals surface area contributed by atoms with Crippen LogP contribution in [0.3, 0.4) is 0 Å². The number of nitrogens with one attached hydrogen (secondary N) is 1. The van der Waals surface area contributed by atoms with Gasteiger partial charge in [-0.05, 0) is 31.7 Å². The van der Waals surface area contributed by atoms with Gasteiger partial charge in [-0.25, -0.2) is 4.98 Å². The lowest BCUT2D eigenvalue weighted by Crippen LogP contribution is -2.30. The second-order valence-corrected chi connectivity index (χ2v) is 5.97. The van der Waals surface area contributed by atoms with Crippen molar-refractivity contribution in [3.8, 4) is 5.88 Å². The highest BCUT2D eigenvalue weighted by Gasteiger charge is 2.41. The maximum atomic E-state index is 6.30. The van der Waals surface area contributed by atoms with Crippen LogP contribution in [0, 0.1) is 0 Å². The predicted octanol–water partition coefficient (Wildman–Crippen LogP) is 2.67. The molecule has 110 valence electrons. The molecule has 1 spiro atoms. The van der Waals surface area contributed by atoms with Crippen molar-refractivity contribution < 1.29 is 9.47 Å². The zero-order valence-corrected chi connectivity index (χ0v) is 12.2. The summed E-state index contributed by atoms with van der Waals surface area (Å²) in [6, 6.07) is 3.99. The number of nitrogens with zero attached hydrogens (tertiary/aromatic N) is 1. The molecule has 2 aliphatic rings. The van der Waals surface area contributed by atoms with E-state index in [1.54, 1.807) is 13.3 Å². The fourth-order valence-electron chi connectivity index (χ4n) is 3.54. The Morgan fingerprint density at radius 2 is 2.25 bits per heavy atom. The molecule has 0 aromatic carbocycles. The first kappa shape index (κ1) is 13.8. The van der Waals surface area contributed by atoms with E-state index in [1.165, 1.54) is 38.5 Å². The number of hydrogen-bond acceptors (Lipinski definition) is 4. The van der Waals surface area contributed by atoms with Gasteiger partial charge >= 0.3 is 0 Å². The van der Waals surface area contributed by atoms with Gasteiger partial charge in [-0.2, -0.15) is 0 Å². The molecule has 1 saturated heterocycles. The summed E-state index contributed by atoms with van der Waals surface area (Å²) in [5.41, 5.74) is 1.33. The highest BCUT2D eigenvalue weighted by atomic mass is 16.5. The summed E-state index contributed by atoms with van der Waals surface area (Å²) in [5, 5.41) is 3.48. The van der Waals surface area contributed by atoms with Gasteiger partial charge < -0.3 is 14.8 Å². The van der Waals surface area contributed by atoms with Crippen molar-refractivity contribution in [3.05, 3.63) is 23.9 Å². The Balaban J connectivity index is 1.46. The van der Waals surface area contributed by atoms with Crippen molar-refractivity contribution in [1.82, 2.24) is 10.3 Å². The van der Waals surface area contributed by atoms with Gasteiger partial charge in [-0.1, -0.05) is 18.9 Å². The molecule has 1 aliphatic carbocycles. The van der Waals surface area contributed by atoms with E-state index in [-0.39, 0.29) is 5.60 Å². The Bertz CT molecular complexity index is 444. The lowest BCUT2D eigenvalue weighted by molar-refractivity contribution is -0.0351. The number of ether oxygens (including phenoxy) is 2. The van der Waals surface area contributed by atoms with Crippen molar-refractivity contribution in [1.29, 1.82) is 0 Å². The second kappa shape index (κ2) is 6.10. The Labute approximate surface area is 120 Å². The van der Waals surface area contributed by atoms with Crippen LogP contribution in [0.4, 0.5) is 0 Å². The number of aromatic nitrogens is 1. The van der Waals surface area contributed by atoms with Crippen LogP contribution < -0.4 is 10.1 Å². The van der Waals surface area contributed by atoms with Crippen LogP contribution in [0.15, 0.2) is 18.3 Å². The molecule has 1 aromatic rings. The van der Waals surface area contributed by atoms with Gasteiger partial charge in [-0.15, -0.1) is 0 Å². The van der Waals surface area contributed by atoms with Crippen molar-refractivity contribution in [3.63, 3.8) is 0 Å². The molecular weight excluding hydrogens is 252 g/mol. The minimum Gasteiger partial charge on any atom is -0.481 e. The molecular formula is C16H24N2O2. The van der Waals surface area contributed by atoms with Crippen molar-refractivity contribution in [2.45, 2.75) is 56.8 Å². The lowest BCUT2D eigenvalue weighted by Gasteiger charge is -2.24. The van der Waals surface area contributed by atoms with E-state index in [9.17, 15) is 0 Å². The van der Waals surface area contributed by atoms with E-state index < -0.39 is 0 Å². The highest BCUT2D eigenvalue weighted by Crippen LogP contribution is 2.43.